The average molecular weight is 265 g/mol. The first-order valence-electron chi connectivity index (χ1n) is 5.87. The summed E-state index contributed by atoms with van der Waals surface area (Å²) in [6.07, 6.45) is 1.96. The number of ether oxygens (including phenoxy) is 1. The maximum absolute atomic E-state index is 11.3. The Morgan fingerprint density at radius 1 is 1.53 bits per heavy atom. The highest BCUT2D eigenvalue weighted by Gasteiger charge is 2.15. The zero-order valence-electron chi connectivity index (χ0n) is 10.8. The van der Waals surface area contributed by atoms with Gasteiger partial charge in [-0.15, -0.1) is 0 Å². The molecule has 0 bridgehead atoms. The lowest BCUT2D eigenvalue weighted by atomic mass is 10.2. The Morgan fingerprint density at radius 3 is 3.05 bits per heavy atom. The number of nitrogens with zero attached hydrogens (tertiary/aromatic N) is 2. The highest BCUT2D eigenvalue weighted by atomic mass is 16.5. The molecule has 0 aromatic carbocycles. The molecule has 0 aliphatic carbocycles. The van der Waals surface area contributed by atoms with E-state index in [4.69, 9.17) is 4.42 Å². The van der Waals surface area contributed by atoms with Crippen LogP contribution in [0.3, 0.4) is 0 Å². The maximum atomic E-state index is 11.3. The molecule has 0 spiro atoms. The number of furan rings is 1. The molecule has 2 heterocycles. The molecule has 19 heavy (non-hydrogen) atoms. The van der Waals surface area contributed by atoms with Crippen LogP contribution in [0.1, 0.15) is 35.1 Å². The van der Waals surface area contributed by atoms with Crippen molar-refractivity contribution in [3.05, 3.63) is 35.9 Å². The van der Waals surface area contributed by atoms with Gasteiger partial charge in [-0.3, -0.25) is 0 Å². The molecule has 2 rings (SSSR count). The molecule has 0 aliphatic rings. The summed E-state index contributed by atoms with van der Waals surface area (Å²) in [5, 5.41) is 6.95. The quantitative estimate of drug-likeness (QED) is 0.788. The average Bonchev–Trinajstić information content (AvgIpc) is 3.08. The predicted molar refractivity (Wildman–Crippen MR) is 64.5 cm³/mol. The Balaban J connectivity index is 1.84. The van der Waals surface area contributed by atoms with Crippen molar-refractivity contribution in [2.24, 2.45) is 0 Å². The van der Waals surface area contributed by atoms with Crippen molar-refractivity contribution in [3.8, 4) is 0 Å². The summed E-state index contributed by atoms with van der Waals surface area (Å²) in [4.78, 5) is 15.2. The third kappa shape index (κ3) is 3.41. The highest BCUT2D eigenvalue weighted by molar-refractivity contribution is 5.86. The van der Waals surface area contributed by atoms with E-state index >= 15 is 0 Å². The molecule has 0 fully saturated rings. The lowest BCUT2D eigenvalue weighted by Gasteiger charge is -2.09. The minimum absolute atomic E-state index is 0.0229. The minimum Gasteiger partial charge on any atom is -0.463 e. The van der Waals surface area contributed by atoms with Gasteiger partial charge in [-0.1, -0.05) is 5.16 Å². The van der Waals surface area contributed by atoms with E-state index in [9.17, 15) is 4.79 Å². The molecule has 7 nitrogen and oxygen atoms in total. The third-order valence-corrected chi connectivity index (χ3v) is 2.65. The molecule has 0 amide bonds. The van der Waals surface area contributed by atoms with Crippen LogP contribution in [0.4, 0.5) is 0 Å². The van der Waals surface area contributed by atoms with Crippen LogP contribution in [0.15, 0.2) is 27.5 Å². The van der Waals surface area contributed by atoms with E-state index in [1.165, 1.54) is 13.5 Å². The first-order chi connectivity index (χ1) is 9.20. The lowest BCUT2D eigenvalue weighted by molar-refractivity contribution is 0.0562. The van der Waals surface area contributed by atoms with Gasteiger partial charge in [0.05, 0.1) is 13.2 Å². The third-order valence-electron chi connectivity index (χ3n) is 2.65. The van der Waals surface area contributed by atoms with Crippen molar-refractivity contribution in [2.45, 2.75) is 19.4 Å². The van der Waals surface area contributed by atoms with Crippen LogP contribution in [0, 0.1) is 0 Å². The van der Waals surface area contributed by atoms with E-state index in [0.717, 1.165) is 0 Å². The number of rotatable bonds is 6. The molecule has 0 radical (unpaired) electrons. The fourth-order valence-corrected chi connectivity index (χ4v) is 1.60. The van der Waals surface area contributed by atoms with Gasteiger partial charge in [-0.05, 0) is 19.1 Å². The van der Waals surface area contributed by atoms with Crippen molar-refractivity contribution in [2.75, 3.05) is 13.7 Å². The molecular formula is C12H15N3O4. The van der Waals surface area contributed by atoms with E-state index in [2.05, 4.69) is 24.7 Å². The molecule has 1 unspecified atom stereocenters. The number of hydrogen-bond acceptors (Lipinski definition) is 7. The molecule has 2 aromatic heterocycles. The van der Waals surface area contributed by atoms with Crippen molar-refractivity contribution in [1.29, 1.82) is 0 Å². The number of methoxy groups -OCH3 is 1. The summed E-state index contributed by atoms with van der Waals surface area (Å²) in [6.45, 7) is 2.62. The van der Waals surface area contributed by atoms with Crippen LogP contribution in [0.25, 0.3) is 0 Å². The summed E-state index contributed by atoms with van der Waals surface area (Å²) < 4.78 is 14.6. The van der Waals surface area contributed by atoms with Crippen LogP contribution in [-0.2, 0) is 11.2 Å². The number of hydrogen-bond donors (Lipinski definition) is 1. The lowest BCUT2D eigenvalue weighted by Crippen LogP contribution is -2.21. The largest absolute Gasteiger partial charge is 0.463 e. The van der Waals surface area contributed by atoms with Gasteiger partial charge in [0.2, 0.25) is 12.2 Å². The monoisotopic (exact) mass is 265 g/mol. The molecule has 2 aromatic rings. The van der Waals surface area contributed by atoms with Crippen LogP contribution in [0.2, 0.25) is 0 Å². The zero-order chi connectivity index (χ0) is 13.7. The highest BCUT2D eigenvalue weighted by Crippen LogP contribution is 2.16. The summed E-state index contributed by atoms with van der Waals surface area (Å²) in [5.41, 5.74) is 0. The topological polar surface area (TPSA) is 90.4 Å². The second-order valence-corrected chi connectivity index (χ2v) is 3.97. The van der Waals surface area contributed by atoms with E-state index in [0.29, 0.717) is 24.6 Å². The van der Waals surface area contributed by atoms with Crippen LogP contribution in [-0.4, -0.2) is 29.8 Å². The maximum Gasteiger partial charge on any atom is 0.373 e. The standard InChI is InChI=1S/C12H15N3O4/c1-8(13-6-5-11-14-7-18-15-11)9-3-4-10(19-9)12(16)17-2/h3-4,7-8,13H,5-6H2,1-2H3. The second-order valence-electron chi connectivity index (χ2n) is 3.97. The molecule has 0 saturated heterocycles. The Labute approximate surface area is 109 Å². The first kappa shape index (κ1) is 13.3. The molecular weight excluding hydrogens is 250 g/mol. The number of carbonyl (C=O) groups excluding carboxylic acids is 1. The zero-order valence-corrected chi connectivity index (χ0v) is 10.8. The number of carbonyl (C=O) groups is 1. The molecule has 7 heteroatoms. The first-order valence-corrected chi connectivity index (χ1v) is 5.87. The number of esters is 1. The minimum atomic E-state index is -0.481. The second kappa shape index (κ2) is 6.14. The van der Waals surface area contributed by atoms with Gasteiger partial charge in [0.1, 0.15) is 5.76 Å². The van der Waals surface area contributed by atoms with Crippen LogP contribution < -0.4 is 5.32 Å². The smallest absolute Gasteiger partial charge is 0.373 e. The van der Waals surface area contributed by atoms with Gasteiger partial charge in [-0.2, -0.15) is 4.98 Å². The van der Waals surface area contributed by atoms with E-state index in [-0.39, 0.29) is 11.8 Å². The molecule has 1 N–H and O–H groups in total. The van der Waals surface area contributed by atoms with E-state index in [1.807, 2.05) is 6.92 Å². The van der Waals surface area contributed by atoms with Crippen molar-refractivity contribution in [3.63, 3.8) is 0 Å². The van der Waals surface area contributed by atoms with Crippen molar-refractivity contribution in [1.82, 2.24) is 15.5 Å². The predicted octanol–water partition coefficient (Wildman–Crippen LogP) is 1.34. The summed E-state index contributed by atoms with van der Waals surface area (Å²) in [7, 11) is 1.32. The normalized spacial score (nSPS) is 12.3. The van der Waals surface area contributed by atoms with E-state index < -0.39 is 5.97 Å². The van der Waals surface area contributed by atoms with Crippen LogP contribution >= 0.6 is 0 Å². The van der Waals surface area contributed by atoms with Crippen molar-refractivity contribution < 1.29 is 18.5 Å². The number of aromatic nitrogens is 2. The summed E-state index contributed by atoms with van der Waals surface area (Å²) in [6, 6.07) is 3.32. The molecule has 0 aliphatic heterocycles. The fraction of sp³-hybridized carbons (Fsp3) is 0.417. The molecule has 1 atom stereocenters. The summed E-state index contributed by atoms with van der Waals surface area (Å²) in [5.74, 6) is 1.04. The van der Waals surface area contributed by atoms with E-state index in [1.54, 1.807) is 12.1 Å². The Kier molecular flexibility index (Phi) is 4.30. The molecule has 0 saturated carbocycles. The van der Waals surface area contributed by atoms with Gasteiger partial charge in [0, 0.05) is 13.0 Å². The fourth-order valence-electron chi connectivity index (χ4n) is 1.60. The SMILES string of the molecule is COC(=O)c1ccc(C(C)NCCc2ncon2)o1. The van der Waals surface area contributed by atoms with Gasteiger partial charge >= 0.3 is 5.97 Å². The Hall–Kier alpha value is -2.15. The van der Waals surface area contributed by atoms with Crippen LogP contribution in [0.5, 0.6) is 0 Å². The van der Waals surface area contributed by atoms with Gasteiger partial charge in [0.15, 0.2) is 5.82 Å². The summed E-state index contributed by atoms with van der Waals surface area (Å²) >= 11 is 0. The molecule has 102 valence electrons. The van der Waals surface area contributed by atoms with Gasteiger partial charge in [-0.25, -0.2) is 4.79 Å². The van der Waals surface area contributed by atoms with Gasteiger partial charge < -0.3 is 19.0 Å². The Morgan fingerprint density at radius 2 is 2.37 bits per heavy atom. The van der Waals surface area contributed by atoms with Crippen molar-refractivity contribution >= 4 is 5.97 Å². The number of nitrogens with one attached hydrogen (secondary N) is 1. The Bertz CT molecular complexity index is 521. The van der Waals surface area contributed by atoms with Gasteiger partial charge in [0.25, 0.3) is 0 Å².